The van der Waals surface area contributed by atoms with E-state index in [2.05, 4.69) is 27.7 Å². The lowest BCUT2D eigenvalue weighted by atomic mass is 9.94. The molecule has 1 aliphatic rings. The largest absolute Gasteiger partial charge is 0.337 e. The van der Waals surface area contributed by atoms with Crippen molar-refractivity contribution in [2.45, 2.75) is 45.6 Å². The zero-order chi connectivity index (χ0) is 17.6. The molecule has 0 radical (unpaired) electrons. The van der Waals surface area contributed by atoms with Crippen LogP contribution in [-0.2, 0) is 6.54 Å². The molecule has 0 aliphatic carbocycles. The predicted molar refractivity (Wildman–Crippen MR) is 99.8 cm³/mol. The van der Waals surface area contributed by atoms with Crippen LogP contribution in [0.1, 0.15) is 42.8 Å². The molecule has 3 heterocycles. The van der Waals surface area contributed by atoms with Gasteiger partial charge in [-0.25, -0.2) is 9.78 Å². The minimum atomic E-state index is 0.0608. The lowest BCUT2D eigenvalue weighted by Crippen LogP contribution is -2.45. The summed E-state index contributed by atoms with van der Waals surface area (Å²) in [5.74, 6) is 0.944. The molecule has 2 aromatic heterocycles. The lowest BCUT2D eigenvalue weighted by molar-refractivity contribution is 0.166. The van der Waals surface area contributed by atoms with E-state index < -0.39 is 0 Å². The third-order valence-corrected chi connectivity index (χ3v) is 6.04. The molecule has 0 spiro atoms. The highest BCUT2D eigenvalue weighted by molar-refractivity contribution is 7.09. The number of carbonyl (C=O) groups is 1. The monoisotopic (exact) mass is 361 g/mol. The number of nitrogens with one attached hydrogen (secondary N) is 1. The second-order valence-corrected chi connectivity index (χ2v) is 7.79. The third-order valence-electron chi connectivity index (χ3n) is 4.85. The van der Waals surface area contributed by atoms with E-state index >= 15 is 0 Å². The Morgan fingerprint density at radius 2 is 2.24 bits per heavy atom. The minimum absolute atomic E-state index is 0.0608. The molecule has 1 aliphatic heterocycles. The fourth-order valence-corrected chi connectivity index (χ4v) is 4.07. The van der Waals surface area contributed by atoms with E-state index in [9.17, 15) is 4.79 Å². The summed E-state index contributed by atoms with van der Waals surface area (Å²) in [5.41, 5.74) is 1.05. The number of likely N-dealkylation sites (tertiary alicyclic amines) is 1. The Kier molecular flexibility index (Phi) is 6.07. The Bertz CT molecular complexity index is 661. The summed E-state index contributed by atoms with van der Waals surface area (Å²) in [5, 5.41) is 10.5. The molecule has 6 nitrogen and oxygen atoms in total. The maximum absolute atomic E-state index is 12.4. The number of thiazole rings is 1. The van der Waals surface area contributed by atoms with Gasteiger partial charge in [-0.1, -0.05) is 6.92 Å². The first-order valence-electron chi connectivity index (χ1n) is 9.04. The van der Waals surface area contributed by atoms with Crippen LogP contribution in [0, 0.1) is 12.8 Å². The Morgan fingerprint density at radius 3 is 2.88 bits per heavy atom. The van der Waals surface area contributed by atoms with E-state index in [0.29, 0.717) is 12.5 Å². The molecule has 1 fully saturated rings. The zero-order valence-electron chi connectivity index (χ0n) is 15.0. The quantitative estimate of drug-likeness (QED) is 0.859. The maximum Gasteiger partial charge on any atom is 0.317 e. The van der Waals surface area contributed by atoms with Crippen LogP contribution in [0.3, 0.4) is 0 Å². The zero-order valence-corrected chi connectivity index (χ0v) is 15.8. The highest BCUT2D eigenvalue weighted by atomic mass is 32.1. The highest BCUT2D eigenvalue weighted by Gasteiger charge is 2.23. The third kappa shape index (κ3) is 5.04. The van der Waals surface area contributed by atoms with Gasteiger partial charge in [-0.15, -0.1) is 11.3 Å². The van der Waals surface area contributed by atoms with Crippen molar-refractivity contribution < 1.29 is 4.79 Å². The number of carbonyl (C=O) groups excluding carboxylic acids is 1. The molecular weight excluding hydrogens is 334 g/mol. The van der Waals surface area contributed by atoms with Gasteiger partial charge in [0.05, 0.1) is 5.01 Å². The molecular formula is C18H27N5OS. The van der Waals surface area contributed by atoms with Crippen molar-refractivity contribution in [2.24, 2.45) is 5.92 Å². The predicted octanol–water partition coefficient (Wildman–Crippen LogP) is 3.26. The average Bonchev–Trinajstić information content (AvgIpc) is 3.29. The van der Waals surface area contributed by atoms with Gasteiger partial charge in [0.2, 0.25) is 0 Å². The Morgan fingerprint density at radius 1 is 1.44 bits per heavy atom. The minimum Gasteiger partial charge on any atom is -0.337 e. The molecule has 0 saturated carbocycles. The van der Waals surface area contributed by atoms with Crippen LogP contribution in [0.4, 0.5) is 4.79 Å². The summed E-state index contributed by atoms with van der Waals surface area (Å²) in [6.45, 7) is 7.42. The first kappa shape index (κ1) is 17.9. The van der Waals surface area contributed by atoms with Gasteiger partial charge in [0.1, 0.15) is 0 Å². The standard InChI is InChI=1S/C18H27N5OS/c1-14(17-21-15(2)13-25-17)12-19-18(24)22-9-4-16(5-10-22)6-11-23-8-3-7-20-23/h3,7-8,13-14,16H,4-6,9-12H2,1-2H3,(H,19,24)/t14-/m0/s1. The van der Waals surface area contributed by atoms with E-state index in [0.717, 1.165) is 49.6 Å². The SMILES string of the molecule is Cc1csc([C@@H](C)CNC(=O)N2CCC(CCn3cccn3)CC2)n1. The van der Waals surface area contributed by atoms with Gasteiger partial charge in [0.25, 0.3) is 0 Å². The lowest BCUT2D eigenvalue weighted by Gasteiger charge is -2.32. The van der Waals surface area contributed by atoms with E-state index in [1.54, 1.807) is 11.3 Å². The number of nitrogens with zero attached hydrogens (tertiary/aromatic N) is 4. The molecule has 0 aromatic carbocycles. The van der Waals surface area contributed by atoms with Crippen molar-refractivity contribution in [3.05, 3.63) is 34.5 Å². The Balaban J connectivity index is 1.36. The fraction of sp³-hybridized carbons (Fsp3) is 0.611. The van der Waals surface area contributed by atoms with Crippen LogP contribution in [0.15, 0.2) is 23.8 Å². The summed E-state index contributed by atoms with van der Waals surface area (Å²) in [6.07, 6.45) is 7.12. The molecule has 7 heteroatoms. The fourth-order valence-electron chi connectivity index (χ4n) is 3.21. The van der Waals surface area contributed by atoms with E-state index in [1.165, 1.54) is 0 Å². The van der Waals surface area contributed by atoms with E-state index in [1.807, 2.05) is 35.0 Å². The second-order valence-electron chi connectivity index (χ2n) is 6.90. The van der Waals surface area contributed by atoms with Crippen molar-refractivity contribution >= 4 is 17.4 Å². The van der Waals surface area contributed by atoms with E-state index in [4.69, 9.17) is 0 Å². The molecule has 2 amide bonds. The molecule has 136 valence electrons. The highest BCUT2D eigenvalue weighted by Crippen LogP contribution is 2.22. The molecule has 0 bridgehead atoms. The van der Waals surface area contributed by atoms with Gasteiger partial charge >= 0.3 is 6.03 Å². The van der Waals surface area contributed by atoms with Gasteiger partial charge in [0.15, 0.2) is 0 Å². The molecule has 1 saturated heterocycles. The number of hydrogen-bond donors (Lipinski definition) is 1. The number of amides is 2. The number of piperidine rings is 1. The molecule has 0 unspecified atom stereocenters. The summed E-state index contributed by atoms with van der Waals surface area (Å²) in [7, 11) is 0. The van der Waals surface area contributed by atoms with Crippen LogP contribution < -0.4 is 5.32 Å². The van der Waals surface area contributed by atoms with Gasteiger partial charge in [0, 0.05) is 55.6 Å². The summed E-state index contributed by atoms with van der Waals surface area (Å²) in [6, 6.07) is 2.02. The summed E-state index contributed by atoms with van der Waals surface area (Å²) in [4.78, 5) is 18.8. The molecule has 1 atom stereocenters. The number of aromatic nitrogens is 3. The average molecular weight is 362 g/mol. The second kappa shape index (κ2) is 8.47. The van der Waals surface area contributed by atoms with Gasteiger partial charge in [-0.05, 0) is 38.2 Å². The maximum atomic E-state index is 12.4. The smallest absolute Gasteiger partial charge is 0.317 e. The van der Waals surface area contributed by atoms with Crippen molar-refractivity contribution in [1.29, 1.82) is 0 Å². The topological polar surface area (TPSA) is 63.1 Å². The van der Waals surface area contributed by atoms with Crippen molar-refractivity contribution in [1.82, 2.24) is 25.0 Å². The molecule has 25 heavy (non-hydrogen) atoms. The van der Waals surface area contributed by atoms with Gasteiger partial charge < -0.3 is 10.2 Å². The molecule has 1 N–H and O–H groups in total. The van der Waals surface area contributed by atoms with Crippen LogP contribution >= 0.6 is 11.3 Å². The van der Waals surface area contributed by atoms with Crippen molar-refractivity contribution in [2.75, 3.05) is 19.6 Å². The molecule has 3 rings (SSSR count). The number of hydrogen-bond acceptors (Lipinski definition) is 4. The van der Waals surface area contributed by atoms with Crippen molar-refractivity contribution in [3.8, 4) is 0 Å². The van der Waals surface area contributed by atoms with Crippen LogP contribution in [0.25, 0.3) is 0 Å². The number of rotatable bonds is 6. The summed E-state index contributed by atoms with van der Waals surface area (Å²) < 4.78 is 1.99. The Hall–Kier alpha value is -1.89. The van der Waals surface area contributed by atoms with E-state index in [-0.39, 0.29) is 11.9 Å². The van der Waals surface area contributed by atoms with Gasteiger partial charge in [-0.3, -0.25) is 4.68 Å². The van der Waals surface area contributed by atoms with Crippen molar-refractivity contribution in [3.63, 3.8) is 0 Å². The first-order chi connectivity index (χ1) is 12.1. The molecule has 2 aromatic rings. The van der Waals surface area contributed by atoms with Crippen LogP contribution in [0.2, 0.25) is 0 Å². The number of aryl methyl sites for hydroxylation is 2. The van der Waals surface area contributed by atoms with Crippen LogP contribution in [0.5, 0.6) is 0 Å². The first-order valence-corrected chi connectivity index (χ1v) is 9.92. The number of urea groups is 1. The van der Waals surface area contributed by atoms with Gasteiger partial charge in [-0.2, -0.15) is 5.10 Å². The summed E-state index contributed by atoms with van der Waals surface area (Å²) >= 11 is 1.67. The van der Waals surface area contributed by atoms with Crippen LogP contribution in [-0.4, -0.2) is 45.3 Å². The normalized spacial score (nSPS) is 16.8. The Labute approximate surface area is 153 Å².